The van der Waals surface area contributed by atoms with Crippen molar-refractivity contribution in [2.75, 3.05) is 6.61 Å². The summed E-state index contributed by atoms with van der Waals surface area (Å²) in [6.07, 6.45) is -4.09. The maximum absolute atomic E-state index is 11.6. The average Bonchev–Trinajstić information content (AvgIpc) is 2.12. The second-order valence-corrected chi connectivity index (χ2v) is 2.45. The van der Waals surface area contributed by atoms with Gasteiger partial charge in [-0.05, 0) is 12.8 Å². The first kappa shape index (κ1) is 7.85. The number of hydrogen-bond acceptors (Lipinski definition) is 1. The lowest BCUT2D eigenvalue weighted by Crippen LogP contribution is -2.18. The van der Waals surface area contributed by atoms with Crippen molar-refractivity contribution in [3.63, 3.8) is 0 Å². The van der Waals surface area contributed by atoms with Crippen LogP contribution in [0.4, 0.5) is 13.2 Å². The van der Waals surface area contributed by atoms with Gasteiger partial charge in [-0.1, -0.05) is 0 Å². The van der Waals surface area contributed by atoms with Gasteiger partial charge in [0.1, 0.15) is 0 Å². The fourth-order valence-electron chi connectivity index (χ4n) is 1.06. The third-order valence-electron chi connectivity index (χ3n) is 1.48. The summed E-state index contributed by atoms with van der Waals surface area (Å²) in [5.74, 6) is 0. The Morgan fingerprint density at radius 2 is 2.10 bits per heavy atom. The van der Waals surface area contributed by atoms with E-state index in [9.17, 15) is 13.2 Å². The second kappa shape index (κ2) is 2.78. The lowest BCUT2D eigenvalue weighted by molar-refractivity contribution is -0.154. The zero-order chi connectivity index (χ0) is 7.61. The predicted molar refractivity (Wildman–Crippen MR) is 29.6 cm³/mol. The summed E-state index contributed by atoms with van der Waals surface area (Å²) in [4.78, 5) is 0. The molecule has 0 N–H and O–H groups in total. The van der Waals surface area contributed by atoms with Gasteiger partial charge in [-0.2, -0.15) is 13.2 Å². The molecule has 0 aromatic rings. The lowest BCUT2D eigenvalue weighted by atomic mass is 10.2. The van der Waals surface area contributed by atoms with Gasteiger partial charge in [-0.25, -0.2) is 0 Å². The average molecular weight is 154 g/mol. The summed E-state index contributed by atoms with van der Waals surface area (Å²) < 4.78 is 39.7. The molecule has 1 saturated heterocycles. The zero-order valence-corrected chi connectivity index (χ0v) is 5.45. The van der Waals surface area contributed by atoms with Gasteiger partial charge in [0.15, 0.2) is 0 Å². The molecule has 10 heavy (non-hydrogen) atoms. The molecule has 1 fully saturated rings. The summed E-state index contributed by atoms with van der Waals surface area (Å²) in [6.45, 7) is 0.487. The highest BCUT2D eigenvalue weighted by Crippen LogP contribution is 2.27. The van der Waals surface area contributed by atoms with Crippen molar-refractivity contribution in [3.8, 4) is 0 Å². The number of ether oxygens (including phenoxy) is 1. The van der Waals surface area contributed by atoms with Crippen LogP contribution >= 0.6 is 0 Å². The number of halogens is 3. The maximum Gasteiger partial charge on any atom is 0.391 e. The highest BCUT2D eigenvalue weighted by molar-refractivity contribution is 4.68. The van der Waals surface area contributed by atoms with E-state index in [2.05, 4.69) is 0 Å². The van der Waals surface area contributed by atoms with Crippen LogP contribution in [0.1, 0.15) is 19.3 Å². The van der Waals surface area contributed by atoms with Gasteiger partial charge in [-0.15, -0.1) is 0 Å². The van der Waals surface area contributed by atoms with Crippen molar-refractivity contribution in [2.45, 2.75) is 31.5 Å². The van der Waals surface area contributed by atoms with Crippen LogP contribution in [0.5, 0.6) is 0 Å². The fourth-order valence-corrected chi connectivity index (χ4v) is 1.06. The minimum atomic E-state index is -4.06. The number of rotatable bonds is 1. The predicted octanol–water partition coefficient (Wildman–Crippen LogP) is 2.12. The summed E-state index contributed by atoms with van der Waals surface area (Å²) >= 11 is 0. The summed E-state index contributed by atoms with van der Waals surface area (Å²) in [7, 11) is 0. The van der Waals surface area contributed by atoms with E-state index in [0.29, 0.717) is 13.0 Å². The number of hydrogen-bond donors (Lipinski definition) is 0. The molecule has 4 heteroatoms. The Kier molecular flexibility index (Phi) is 2.18. The molecule has 0 spiro atoms. The van der Waals surface area contributed by atoms with Crippen molar-refractivity contribution < 1.29 is 17.9 Å². The second-order valence-electron chi connectivity index (χ2n) is 2.45. The third kappa shape index (κ3) is 2.56. The fraction of sp³-hybridized carbons (Fsp3) is 1.00. The van der Waals surface area contributed by atoms with E-state index in [-0.39, 0.29) is 0 Å². The van der Waals surface area contributed by atoms with Crippen LogP contribution in [-0.2, 0) is 4.74 Å². The van der Waals surface area contributed by atoms with Gasteiger partial charge in [0.2, 0.25) is 0 Å². The Morgan fingerprint density at radius 3 is 2.50 bits per heavy atom. The van der Waals surface area contributed by atoms with Gasteiger partial charge >= 0.3 is 6.18 Å². The molecule has 1 unspecified atom stereocenters. The van der Waals surface area contributed by atoms with Crippen LogP contribution in [0.3, 0.4) is 0 Å². The molecule has 0 radical (unpaired) electrons. The Hall–Kier alpha value is -0.250. The largest absolute Gasteiger partial charge is 0.391 e. The Morgan fingerprint density at radius 1 is 1.40 bits per heavy atom. The van der Waals surface area contributed by atoms with Gasteiger partial charge in [-0.3, -0.25) is 0 Å². The molecule has 1 aliphatic rings. The van der Waals surface area contributed by atoms with E-state index in [0.717, 1.165) is 6.42 Å². The van der Waals surface area contributed by atoms with Crippen LogP contribution in [0, 0.1) is 0 Å². The quantitative estimate of drug-likeness (QED) is 0.562. The standard InChI is InChI=1S/C6H9F3O/c7-6(8,9)4-5-2-1-3-10-5/h5H,1-4H2. The molecule has 0 aromatic heterocycles. The number of alkyl halides is 3. The first-order valence-electron chi connectivity index (χ1n) is 3.26. The molecule has 1 aliphatic heterocycles. The van der Waals surface area contributed by atoms with Crippen LogP contribution in [0.25, 0.3) is 0 Å². The van der Waals surface area contributed by atoms with Crippen molar-refractivity contribution in [1.29, 1.82) is 0 Å². The zero-order valence-electron chi connectivity index (χ0n) is 5.45. The summed E-state index contributed by atoms with van der Waals surface area (Å²) in [5, 5.41) is 0. The maximum atomic E-state index is 11.6. The van der Waals surface area contributed by atoms with Crippen LogP contribution in [-0.4, -0.2) is 18.9 Å². The minimum absolute atomic E-state index is 0.487. The molecule has 0 saturated carbocycles. The van der Waals surface area contributed by atoms with Gasteiger partial charge in [0.05, 0.1) is 12.5 Å². The molecule has 1 heterocycles. The van der Waals surface area contributed by atoms with Crippen molar-refractivity contribution in [2.24, 2.45) is 0 Å². The highest BCUT2D eigenvalue weighted by Gasteiger charge is 2.33. The van der Waals surface area contributed by atoms with Gasteiger partial charge in [0.25, 0.3) is 0 Å². The highest BCUT2D eigenvalue weighted by atomic mass is 19.4. The molecular formula is C6H9F3O. The normalized spacial score (nSPS) is 27.3. The van der Waals surface area contributed by atoms with E-state index in [1.165, 1.54) is 0 Å². The monoisotopic (exact) mass is 154 g/mol. The molecule has 1 nitrogen and oxygen atoms in total. The van der Waals surface area contributed by atoms with Gasteiger partial charge in [0, 0.05) is 6.61 Å². The lowest BCUT2D eigenvalue weighted by Gasteiger charge is -2.11. The van der Waals surface area contributed by atoms with Crippen molar-refractivity contribution in [1.82, 2.24) is 0 Å². The Bertz CT molecular complexity index is 104. The van der Waals surface area contributed by atoms with E-state index in [4.69, 9.17) is 4.74 Å². The molecule has 0 bridgehead atoms. The molecule has 1 atom stereocenters. The van der Waals surface area contributed by atoms with Crippen LogP contribution in [0.2, 0.25) is 0 Å². The molecule has 0 aromatic carbocycles. The van der Waals surface area contributed by atoms with Crippen LogP contribution in [0.15, 0.2) is 0 Å². The van der Waals surface area contributed by atoms with E-state index >= 15 is 0 Å². The smallest absolute Gasteiger partial charge is 0.378 e. The third-order valence-corrected chi connectivity index (χ3v) is 1.48. The van der Waals surface area contributed by atoms with E-state index in [1.807, 2.05) is 0 Å². The topological polar surface area (TPSA) is 9.23 Å². The first-order chi connectivity index (χ1) is 4.58. The molecule has 0 aliphatic carbocycles. The van der Waals surface area contributed by atoms with Crippen molar-refractivity contribution >= 4 is 0 Å². The summed E-state index contributed by atoms with van der Waals surface area (Å²) in [6, 6.07) is 0. The van der Waals surface area contributed by atoms with Crippen molar-refractivity contribution in [3.05, 3.63) is 0 Å². The molecule has 1 rings (SSSR count). The van der Waals surface area contributed by atoms with E-state index in [1.54, 1.807) is 0 Å². The Balaban J connectivity index is 2.24. The molecule has 0 amide bonds. The SMILES string of the molecule is FC(F)(F)CC1CCCO1. The van der Waals surface area contributed by atoms with Crippen LogP contribution < -0.4 is 0 Å². The summed E-state index contributed by atoms with van der Waals surface area (Å²) in [5.41, 5.74) is 0. The van der Waals surface area contributed by atoms with E-state index < -0.39 is 18.7 Å². The van der Waals surface area contributed by atoms with Gasteiger partial charge < -0.3 is 4.74 Å². The molecule has 60 valence electrons. The first-order valence-corrected chi connectivity index (χ1v) is 3.26. The molecular weight excluding hydrogens is 145 g/mol. The minimum Gasteiger partial charge on any atom is -0.378 e. The Labute approximate surface area is 57.2 Å².